The van der Waals surface area contributed by atoms with Gasteiger partial charge in [-0.25, -0.2) is 0 Å². The van der Waals surface area contributed by atoms with Crippen LogP contribution in [-0.4, -0.2) is 12.5 Å². The molecule has 2 nitrogen and oxygen atoms in total. The molecule has 5 rings (SSSR count). The second kappa shape index (κ2) is 3.98. The highest BCUT2D eigenvalue weighted by Gasteiger charge is 2.50. The van der Waals surface area contributed by atoms with Crippen LogP contribution >= 0.6 is 0 Å². The first-order valence-electron chi connectivity index (χ1n) is 8.00. The highest BCUT2D eigenvalue weighted by molar-refractivity contribution is 5.80. The van der Waals surface area contributed by atoms with Crippen LogP contribution in [0.15, 0.2) is 0 Å². The molecule has 0 aliphatic heterocycles. The topological polar surface area (TPSA) is 29.1 Å². The predicted octanol–water partition coefficient (Wildman–Crippen LogP) is 3.12. The van der Waals surface area contributed by atoms with Crippen LogP contribution < -0.4 is 5.32 Å². The van der Waals surface area contributed by atoms with Gasteiger partial charge in [0, 0.05) is 12.5 Å². The molecule has 5 saturated carbocycles. The number of carbonyl (C=O) groups is 1. The zero-order valence-electron chi connectivity index (χ0n) is 11.3. The van der Waals surface area contributed by atoms with Gasteiger partial charge in [0.1, 0.15) is 0 Å². The minimum absolute atomic E-state index is 0.333. The van der Waals surface area contributed by atoms with Crippen LogP contribution in [0.25, 0.3) is 0 Å². The SMILES string of the molecule is O=C(NCCC12CC3CC(CC(C3)C1)C2)C1CC1. The van der Waals surface area contributed by atoms with Crippen molar-refractivity contribution < 1.29 is 4.79 Å². The van der Waals surface area contributed by atoms with E-state index in [1.165, 1.54) is 44.9 Å². The molecule has 0 unspecified atom stereocenters. The van der Waals surface area contributed by atoms with E-state index in [1.54, 1.807) is 0 Å². The minimum atomic E-state index is 0.333. The normalized spacial score (nSPS) is 45.2. The van der Waals surface area contributed by atoms with E-state index in [9.17, 15) is 4.79 Å². The summed E-state index contributed by atoms with van der Waals surface area (Å²) in [6.45, 7) is 0.946. The van der Waals surface area contributed by atoms with Gasteiger partial charge in [-0.2, -0.15) is 0 Å². The van der Waals surface area contributed by atoms with Gasteiger partial charge in [-0.15, -0.1) is 0 Å². The summed E-state index contributed by atoms with van der Waals surface area (Å²) in [7, 11) is 0. The van der Waals surface area contributed by atoms with Gasteiger partial charge >= 0.3 is 0 Å². The first kappa shape index (κ1) is 11.3. The molecule has 2 heteroatoms. The van der Waals surface area contributed by atoms with Crippen LogP contribution in [0.4, 0.5) is 0 Å². The highest BCUT2D eigenvalue weighted by atomic mass is 16.2. The second-order valence-corrected chi connectivity index (χ2v) is 7.73. The summed E-state index contributed by atoms with van der Waals surface area (Å²) in [6.07, 6.45) is 12.5. The van der Waals surface area contributed by atoms with E-state index < -0.39 is 0 Å². The quantitative estimate of drug-likeness (QED) is 0.812. The van der Waals surface area contributed by atoms with Crippen molar-refractivity contribution in [2.45, 2.75) is 57.8 Å². The third-order valence-corrected chi connectivity index (χ3v) is 6.07. The smallest absolute Gasteiger partial charge is 0.223 e. The van der Waals surface area contributed by atoms with Crippen LogP contribution in [0.1, 0.15) is 57.8 Å². The molecule has 0 aromatic rings. The molecule has 18 heavy (non-hydrogen) atoms. The van der Waals surface area contributed by atoms with Gasteiger partial charge in [0.2, 0.25) is 5.91 Å². The van der Waals surface area contributed by atoms with Crippen molar-refractivity contribution in [2.75, 3.05) is 6.54 Å². The second-order valence-electron chi connectivity index (χ2n) is 7.73. The van der Waals surface area contributed by atoms with Crippen LogP contribution in [0, 0.1) is 29.1 Å². The lowest BCUT2D eigenvalue weighted by atomic mass is 9.49. The Bertz CT molecular complexity index is 323. The molecule has 0 atom stereocenters. The summed E-state index contributed by atoms with van der Waals surface area (Å²) in [5, 5.41) is 3.18. The van der Waals surface area contributed by atoms with Crippen molar-refractivity contribution in [3.05, 3.63) is 0 Å². The Morgan fingerprint density at radius 1 is 1.00 bits per heavy atom. The van der Waals surface area contributed by atoms with Crippen LogP contribution in [0.3, 0.4) is 0 Å². The lowest BCUT2D eigenvalue weighted by Gasteiger charge is -2.57. The number of nitrogens with one attached hydrogen (secondary N) is 1. The fourth-order valence-electron chi connectivity index (χ4n) is 5.54. The van der Waals surface area contributed by atoms with Gasteiger partial charge in [-0.05, 0) is 81.0 Å². The standard InChI is InChI=1S/C16H25NO/c18-15(14-1-2-14)17-4-3-16-8-11-5-12(9-16)7-13(6-11)10-16/h11-14H,1-10H2,(H,17,18). The predicted molar refractivity (Wildman–Crippen MR) is 71.0 cm³/mol. The molecule has 5 fully saturated rings. The number of rotatable bonds is 4. The summed E-state index contributed by atoms with van der Waals surface area (Å²) >= 11 is 0. The molecule has 0 aromatic heterocycles. The van der Waals surface area contributed by atoms with Crippen molar-refractivity contribution in [1.82, 2.24) is 5.32 Å². The van der Waals surface area contributed by atoms with Crippen molar-refractivity contribution >= 4 is 5.91 Å². The van der Waals surface area contributed by atoms with E-state index in [2.05, 4.69) is 5.32 Å². The maximum absolute atomic E-state index is 11.7. The van der Waals surface area contributed by atoms with Gasteiger partial charge in [0.15, 0.2) is 0 Å². The zero-order valence-corrected chi connectivity index (χ0v) is 11.3. The van der Waals surface area contributed by atoms with E-state index in [0.717, 1.165) is 37.1 Å². The molecule has 0 radical (unpaired) electrons. The lowest BCUT2D eigenvalue weighted by Crippen LogP contribution is -2.47. The molecule has 5 aliphatic rings. The summed E-state index contributed by atoms with van der Waals surface area (Å²) < 4.78 is 0. The van der Waals surface area contributed by atoms with Gasteiger partial charge in [0.25, 0.3) is 0 Å². The fraction of sp³-hybridized carbons (Fsp3) is 0.938. The van der Waals surface area contributed by atoms with Crippen molar-refractivity contribution in [1.29, 1.82) is 0 Å². The number of carbonyl (C=O) groups excluding carboxylic acids is 1. The van der Waals surface area contributed by atoms with Crippen LogP contribution in [-0.2, 0) is 4.79 Å². The molecule has 1 N–H and O–H groups in total. The average molecular weight is 247 g/mol. The molecular weight excluding hydrogens is 222 g/mol. The molecule has 0 heterocycles. The summed E-state index contributed by atoms with van der Waals surface area (Å²) in [4.78, 5) is 11.7. The van der Waals surface area contributed by atoms with Crippen molar-refractivity contribution in [2.24, 2.45) is 29.1 Å². The number of hydrogen-bond donors (Lipinski definition) is 1. The van der Waals surface area contributed by atoms with E-state index in [-0.39, 0.29) is 0 Å². The summed E-state index contributed by atoms with van der Waals surface area (Å²) in [6, 6.07) is 0. The monoisotopic (exact) mass is 247 g/mol. The Morgan fingerprint density at radius 2 is 1.56 bits per heavy atom. The Morgan fingerprint density at radius 3 is 2.06 bits per heavy atom. The molecular formula is C16H25NO. The molecule has 4 bridgehead atoms. The van der Waals surface area contributed by atoms with Gasteiger partial charge < -0.3 is 5.32 Å². The van der Waals surface area contributed by atoms with Crippen LogP contribution in [0.5, 0.6) is 0 Å². The Balaban J connectivity index is 1.34. The minimum Gasteiger partial charge on any atom is -0.356 e. The van der Waals surface area contributed by atoms with Crippen molar-refractivity contribution in [3.8, 4) is 0 Å². The summed E-state index contributed by atoms with van der Waals surface area (Å²) in [5.41, 5.74) is 0.631. The molecule has 0 aromatic carbocycles. The first-order chi connectivity index (χ1) is 8.72. The molecule has 0 saturated heterocycles. The maximum atomic E-state index is 11.7. The summed E-state index contributed by atoms with van der Waals surface area (Å²) in [5.74, 6) is 3.82. The third-order valence-electron chi connectivity index (χ3n) is 6.07. The lowest BCUT2D eigenvalue weighted by molar-refractivity contribution is -0.122. The van der Waals surface area contributed by atoms with Crippen LogP contribution in [0.2, 0.25) is 0 Å². The largest absolute Gasteiger partial charge is 0.356 e. The van der Waals surface area contributed by atoms with Crippen molar-refractivity contribution in [3.63, 3.8) is 0 Å². The maximum Gasteiger partial charge on any atom is 0.223 e. The highest BCUT2D eigenvalue weighted by Crippen LogP contribution is 2.61. The van der Waals surface area contributed by atoms with Gasteiger partial charge in [0.05, 0.1) is 0 Å². The Labute approximate surface area is 110 Å². The first-order valence-corrected chi connectivity index (χ1v) is 8.00. The van der Waals surface area contributed by atoms with Gasteiger partial charge in [-0.3, -0.25) is 4.79 Å². The molecule has 0 spiro atoms. The molecule has 5 aliphatic carbocycles. The number of amides is 1. The van der Waals surface area contributed by atoms with E-state index >= 15 is 0 Å². The number of hydrogen-bond acceptors (Lipinski definition) is 1. The third kappa shape index (κ3) is 1.98. The molecule has 1 amide bonds. The average Bonchev–Trinajstić information content (AvgIpc) is 3.09. The van der Waals surface area contributed by atoms with E-state index in [0.29, 0.717) is 17.2 Å². The zero-order chi connectivity index (χ0) is 12.2. The van der Waals surface area contributed by atoms with E-state index in [1.807, 2.05) is 0 Å². The Hall–Kier alpha value is -0.530. The fourth-order valence-corrected chi connectivity index (χ4v) is 5.54. The van der Waals surface area contributed by atoms with E-state index in [4.69, 9.17) is 0 Å². The van der Waals surface area contributed by atoms with Gasteiger partial charge in [-0.1, -0.05) is 0 Å². The Kier molecular flexibility index (Phi) is 2.50. The molecule has 100 valence electrons.